The Balaban J connectivity index is 2.30. The summed E-state index contributed by atoms with van der Waals surface area (Å²) in [5.74, 6) is 0. The minimum Gasteiger partial charge on any atom is -0.376 e. The molecule has 0 radical (unpaired) electrons. The van der Waals surface area contributed by atoms with Crippen molar-refractivity contribution in [1.82, 2.24) is 0 Å². The van der Waals surface area contributed by atoms with E-state index in [0.29, 0.717) is 11.3 Å². The van der Waals surface area contributed by atoms with Crippen molar-refractivity contribution >= 4 is 11.4 Å². The van der Waals surface area contributed by atoms with Gasteiger partial charge in [-0.05, 0) is 24.0 Å². The predicted octanol–water partition coefficient (Wildman–Crippen LogP) is 2.68. The minimum atomic E-state index is -0.432. The number of nitrogens with zero attached hydrogens (tertiary/aromatic N) is 2. The summed E-state index contributed by atoms with van der Waals surface area (Å²) >= 11 is 0. The lowest BCUT2D eigenvalue weighted by Gasteiger charge is -2.08. The number of hydrogen-bond acceptors (Lipinski definition) is 4. The number of nitriles is 1. The molecule has 1 N–H and O–H groups in total. The van der Waals surface area contributed by atoms with Gasteiger partial charge in [-0.3, -0.25) is 10.1 Å². The molecule has 17 heavy (non-hydrogen) atoms. The van der Waals surface area contributed by atoms with Crippen LogP contribution in [-0.4, -0.2) is 11.0 Å². The van der Waals surface area contributed by atoms with E-state index in [1.807, 2.05) is 6.07 Å². The lowest BCUT2D eigenvalue weighted by atomic mass is 10.1. The summed E-state index contributed by atoms with van der Waals surface area (Å²) in [6.45, 7) is 4.20. The smallest absolute Gasteiger partial charge is 0.292 e. The molecular formula is C12H13N3O2. The Hall–Kier alpha value is -2.09. The van der Waals surface area contributed by atoms with Crippen LogP contribution in [0.5, 0.6) is 0 Å². The maximum Gasteiger partial charge on any atom is 0.292 e. The molecule has 0 bridgehead atoms. The molecule has 0 spiro atoms. The van der Waals surface area contributed by atoms with Gasteiger partial charge in [-0.25, -0.2) is 0 Å². The van der Waals surface area contributed by atoms with E-state index in [1.165, 1.54) is 18.2 Å². The van der Waals surface area contributed by atoms with Crippen molar-refractivity contribution < 1.29 is 4.92 Å². The molecule has 1 aliphatic carbocycles. The molecule has 1 unspecified atom stereocenters. The average Bonchev–Trinajstić information content (AvgIpc) is 2.85. The number of anilines is 1. The molecule has 2 rings (SSSR count). The van der Waals surface area contributed by atoms with E-state index in [9.17, 15) is 10.1 Å². The normalized spacial score (nSPS) is 20.4. The molecule has 1 atom stereocenters. The molecule has 1 fully saturated rings. The highest BCUT2D eigenvalue weighted by molar-refractivity contribution is 5.65. The van der Waals surface area contributed by atoms with Crippen molar-refractivity contribution in [2.75, 3.05) is 5.32 Å². The molecule has 1 saturated carbocycles. The van der Waals surface area contributed by atoms with Gasteiger partial charge in [0.05, 0.1) is 16.6 Å². The summed E-state index contributed by atoms with van der Waals surface area (Å²) in [6.07, 6.45) is 0.987. The van der Waals surface area contributed by atoms with Crippen LogP contribution < -0.4 is 5.32 Å². The Morgan fingerprint density at radius 1 is 1.59 bits per heavy atom. The third-order valence-electron chi connectivity index (χ3n) is 3.17. The zero-order valence-electron chi connectivity index (χ0n) is 9.73. The number of hydrogen-bond donors (Lipinski definition) is 1. The topological polar surface area (TPSA) is 79.0 Å². The Labute approximate surface area is 99.2 Å². The van der Waals surface area contributed by atoms with Crippen molar-refractivity contribution in [3.63, 3.8) is 0 Å². The first-order valence-corrected chi connectivity index (χ1v) is 5.39. The Morgan fingerprint density at radius 2 is 2.24 bits per heavy atom. The monoisotopic (exact) mass is 231 g/mol. The summed E-state index contributed by atoms with van der Waals surface area (Å²) in [4.78, 5) is 10.4. The molecule has 0 heterocycles. The minimum absolute atomic E-state index is 0.0201. The molecule has 88 valence electrons. The zero-order valence-corrected chi connectivity index (χ0v) is 9.73. The third kappa shape index (κ3) is 2.21. The van der Waals surface area contributed by atoms with Crippen LogP contribution in [-0.2, 0) is 0 Å². The Morgan fingerprint density at radius 3 is 2.71 bits per heavy atom. The van der Waals surface area contributed by atoms with E-state index in [0.717, 1.165) is 6.42 Å². The van der Waals surface area contributed by atoms with Crippen LogP contribution in [0.3, 0.4) is 0 Å². The van der Waals surface area contributed by atoms with Crippen LogP contribution in [0.4, 0.5) is 11.4 Å². The predicted molar refractivity (Wildman–Crippen MR) is 63.6 cm³/mol. The van der Waals surface area contributed by atoms with E-state index in [1.54, 1.807) is 0 Å². The van der Waals surface area contributed by atoms with Gasteiger partial charge in [-0.15, -0.1) is 0 Å². The van der Waals surface area contributed by atoms with Crippen LogP contribution in [0.15, 0.2) is 18.2 Å². The fraction of sp³-hybridized carbons (Fsp3) is 0.417. The molecule has 1 aromatic rings. The van der Waals surface area contributed by atoms with Gasteiger partial charge < -0.3 is 5.32 Å². The number of nitro groups is 1. The van der Waals surface area contributed by atoms with Crippen molar-refractivity contribution in [1.29, 1.82) is 5.26 Å². The molecule has 0 aliphatic heterocycles. The van der Waals surface area contributed by atoms with E-state index >= 15 is 0 Å². The van der Waals surface area contributed by atoms with Gasteiger partial charge in [-0.2, -0.15) is 5.26 Å². The van der Waals surface area contributed by atoms with E-state index in [4.69, 9.17) is 5.26 Å². The third-order valence-corrected chi connectivity index (χ3v) is 3.17. The molecule has 5 heteroatoms. The number of benzene rings is 1. The maximum atomic E-state index is 10.9. The average molecular weight is 231 g/mol. The van der Waals surface area contributed by atoms with Gasteiger partial charge in [0.25, 0.3) is 5.69 Å². The van der Waals surface area contributed by atoms with E-state index in [-0.39, 0.29) is 17.1 Å². The summed E-state index contributed by atoms with van der Waals surface area (Å²) in [7, 11) is 0. The van der Waals surface area contributed by atoms with Crippen LogP contribution in [0, 0.1) is 26.9 Å². The largest absolute Gasteiger partial charge is 0.376 e. The lowest BCUT2D eigenvalue weighted by molar-refractivity contribution is -0.384. The standard InChI is InChI=1S/C12H13N3O2/c1-12(2)6-11(12)14-9-5-8(7-13)3-4-10(9)15(16)17/h3-5,11,14H,6H2,1-2H3. The van der Waals surface area contributed by atoms with Gasteiger partial charge in [0.2, 0.25) is 0 Å². The lowest BCUT2D eigenvalue weighted by Crippen LogP contribution is -2.10. The highest BCUT2D eigenvalue weighted by Crippen LogP contribution is 2.47. The van der Waals surface area contributed by atoms with Gasteiger partial charge in [0, 0.05) is 12.1 Å². The Bertz CT molecular complexity index is 517. The molecule has 0 saturated heterocycles. The summed E-state index contributed by atoms with van der Waals surface area (Å²) in [5.41, 5.74) is 1.06. The fourth-order valence-corrected chi connectivity index (χ4v) is 1.78. The van der Waals surface area contributed by atoms with Crippen LogP contribution in [0.25, 0.3) is 0 Å². The second kappa shape index (κ2) is 3.74. The quantitative estimate of drug-likeness (QED) is 0.640. The van der Waals surface area contributed by atoms with Crippen LogP contribution in [0.1, 0.15) is 25.8 Å². The fourth-order valence-electron chi connectivity index (χ4n) is 1.78. The molecule has 0 aromatic heterocycles. The SMILES string of the molecule is CC1(C)CC1Nc1cc(C#N)ccc1[N+](=O)[O-]. The van der Waals surface area contributed by atoms with Crippen molar-refractivity contribution in [3.05, 3.63) is 33.9 Å². The van der Waals surface area contributed by atoms with Gasteiger partial charge >= 0.3 is 0 Å². The number of rotatable bonds is 3. The highest BCUT2D eigenvalue weighted by atomic mass is 16.6. The highest BCUT2D eigenvalue weighted by Gasteiger charge is 2.46. The first-order valence-electron chi connectivity index (χ1n) is 5.39. The van der Waals surface area contributed by atoms with Crippen LogP contribution >= 0.6 is 0 Å². The van der Waals surface area contributed by atoms with Crippen LogP contribution in [0.2, 0.25) is 0 Å². The molecule has 0 amide bonds. The van der Waals surface area contributed by atoms with Gasteiger partial charge in [-0.1, -0.05) is 13.8 Å². The van der Waals surface area contributed by atoms with Crippen molar-refractivity contribution in [2.24, 2.45) is 5.41 Å². The summed E-state index contributed by atoms with van der Waals surface area (Å²) in [6, 6.07) is 6.60. The summed E-state index contributed by atoms with van der Waals surface area (Å²) < 4.78 is 0. The molecule has 1 aromatic carbocycles. The second-order valence-electron chi connectivity index (χ2n) is 4.99. The van der Waals surface area contributed by atoms with E-state index < -0.39 is 4.92 Å². The molecular weight excluding hydrogens is 218 g/mol. The molecule has 5 nitrogen and oxygen atoms in total. The Kier molecular flexibility index (Phi) is 2.50. The first-order chi connectivity index (χ1) is 7.94. The van der Waals surface area contributed by atoms with Crippen molar-refractivity contribution in [3.8, 4) is 6.07 Å². The van der Waals surface area contributed by atoms with Gasteiger partial charge in [0.1, 0.15) is 5.69 Å². The number of nitro benzene ring substituents is 1. The van der Waals surface area contributed by atoms with Crippen molar-refractivity contribution in [2.45, 2.75) is 26.3 Å². The zero-order chi connectivity index (χ0) is 12.6. The second-order valence-corrected chi connectivity index (χ2v) is 4.99. The van der Waals surface area contributed by atoms with E-state index in [2.05, 4.69) is 19.2 Å². The molecule has 1 aliphatic rings. The summed E-state index contributed by atoms with van der Waals surface area (Å²) in [5, 5.41) is 22.8. The maximum absolute atomic E-state index is 10.9. The number of nitrogens with one attached hydrogen (secondary N) is 1. The first kappa shape index (κ1) is 11.4. The van der Waals surface area contributed by atoms with Gasteiger partial charge in [0.15, 0.2) is 0 Å².